The lowest BCUT2D eigenvalue weighted by molar-refractivity contribution is 0.564. The topological polar surface area (TPSA) is 56.7 Å². The molecular formula is C12H16N4. The van der Waals surface area contributed by atoms with Gasteiger partial charge in [0.15, 0.2) is 0 Å². The molecule has 2 aromatic rings. The predicted octanol–water partition coefficient (Wildman–Crippen LogP) is 1.80. The van der Waals surface area contributed by atoms with Crippen LogP contribution in [0, 0.1) is 6.92 Å². The minimum Gasteiger partial charge on any atom is -0.366 e. The summed E-state index contributed by atoms with van der Waals surface area (Å²) in [5, 5.41) is 4.12. The van der Waals surface area contributed by atoms with Gasteiger partial charge in [0.25, 0.3) is 0 Å². The Morgan fingerprint density at radius 2 is 2.00 bits per heavy atom. The van der Waals surface area contributed by atoms with Crippen molar-refractivity contribution in [1.29, 1.82) is 0 Å². The second-order valence-corrected chi connectivity index (χ2v) is 3.83. The number of rotatable bonds is 4. The predicted molar refractivity (Wildman–Crippen MR) is 63.9 cm³/mol. The SMILES string of the molecule is Cc1nc(N)nn1CCCc1ccccc1. The van der Waals surface area contributed by atoms with Gasteiger partial charge in [-0.1, -0.05) is 30.3 Å². The zero-order valence-electron chi connectivity index (χ0n) is 9.43. The highest BCUT2D eigenvalue weighted by molar-refractivity contribution is 5.15. The maximum Gasteiger partial charge on any atom is 0.239 e. The Morgan fingerprint density at radius 1 is 1.25 bits per heavy atom. The van der Waals surface area contributed by atoms with E-state index in [1.807, 2.05) is 17.7 Å². The van der Waals surface area contributed by atoms with E-state index in [-0.39, 0.29) is 0 Å². The Kier molecular flexibility index (Phi) is 3.19. The summed E-state index contributed by atoms with van der Waals surface area (Å²) in [7, 11) is 0. The molecular weight excluding hydrogens is 200 g/mol. The minimum atomic E-state index is 0.359. The molecule has 4 nitrogen and oxygen atoms in total. The first-order valence-corrected chi connectivity index (χ1v) is 5.46. The molecule has 2 N–H and O–H groups in total. The summed E-state index contributed by atoms with van der Waals surface area (Å²) in [6.45, 7) is 2.79. The quantitative estimate of drug-likeness (QED) is 0.847. The van der Waals surface area contributed by atoms with Gasteiger partial charge in [-0.15, -0.1) is 5.10 Å². The lowest BCUT2D eigenvalue weighted by Gasteiger charge is -2.03. The summed E-state index contributed by atoms with van der Waals surface area (Å²) < 4.78 is 1.86. The molecule has 0 atom stereocenters. The minimum absolute atomic E-state index is 0.359. The lowest BCUT2D eigenvalue weighted by atomic mass is 10.1. The molecule has 0 bridgehead atoms. The van der Waals surface area contributed by atoms with Crippen LogP contribution in [0.1, 0.15) is 17.8 Å². The Morgan fingerprint density at radius 3 is 2.62 bits per heavy atom. The molecule has 0 saturated carbocycles. The third kappa shape index (κ3) is 2.59. The Labute approximate surface area is 95.1 Å². The number of aryl methyl sites for hydroxylation is 3. The molecule has 0 aliphatic carbocycles. The number of anilines is 1. The van der Waals surface area contributed by atoms with Gasteiger partial charge in [0.05, 0.1) is 0 Å². The molecule has 84 valence electrons. The molecule has 4 heteroatoms. The Hall–Kier alpha value is -1.84. The van der Waals surface area contributed by atoms with Crippen molar-refractivity contribution in [2.45, 2.75) is 26.3 Å². The Bertz CT molecular complexity index is 447. The summed E-state index contributed by atoms with van der Waals surface area (Å²) in [5.41, 5.74) is 6.87. The van der Waals surface area contributed by atoms with E-state index in [0.717, 1.165) is 25.2 Å². The van der Waals surface area contributed by atoms with E-state index in [1.54, 1.807) is 0 Å². The zero-order valence-corrected chi connectivity index (χ0v) is 9.43. The zero-order chi connectivity index (χ0) is 11.4. The van der Waals surface area contributed by atoms with Crippen molar-refractivity contribution in [3.05, 3.63) is 41.7 Å². The van der Waals surface area contributed by atoms with E-state index >= 15 is 0 Å². The molecule has 2 rings (SSSR count). The molecule has 0 amide bonds. The second-order valence-electron chi connectivity index (χ2n) is 3.83. The molecule has 0 saturated heterocycles. The summed E-state index contributed by atoms with van der Waals surface area (Å²) >= 11 is 0. The van der Waals surface area contributed by atoms with Crippen LogP contribution >= 0.6 is 0 Å². The summed E-state index contributed by atoms with van der Waals surface area (Å²) in [6, 6.07) is 10.4. The molecule has 16 heavy (non-hydrogen) atoms. The fourth-order valence-corrected chi connectivity index (χ4v) is 1.73. The van der Waals surface area contributed by atoms with E-state index in [9.17, 15) is 0 Å². The summed E-state index contributed by atoms with van der Waals surface area (Å²) in [5.74, 6) is 1.24. The molecule has 1 aromatic carbocycles. The van der Waals surface area contributed by atoms with Crippen molar-refractivity contribution in [2.75, 3.05) is 5.73 Å². The van der Waals surface area contributed by atoms with Crippen LogP contribution in [0.25, 0.3) is 0 Å². The largest absolute Gasteiger partial charge is 0.366 e. The average molecular weight is 216 g/mol. The number of nitrogen functional groups attached to an aromatic ring is 1. The second kappa shape index (κ2) is 4.79. The van der Waals surface area contributed by atoms with E-state index < -0.39 is 0 Å². The summed E-state index contributed by atoms with van der Waals surface area (Å²) in [6.07, 6.45) is 2.10. The van der Waals surface area contributed by atoms with Gasteiger partial charge in [-0.2, -0.15) is 4.98 Å². The molecule has 1 heterocycles. The van der Waals surface area contributed by atoms with E-state index in [2.05, 4.69) is 34.3 Å². The first kappa shape index (κ1) is 10.7. The van der Waals surface area contributed by atoms with Gasteiger partial charge < -0.3 is 5.73 Å². The lowest BCUT2D eigenvalue weighted by Crippen LogP contribution is -2.04. The molecule has 0 unspecified atom stereocenters. The van der Waals surface area contributed by atoms with Crippen LogP contribution in [0.3, 0.4) is 0 Å². The van der Waals surface area contributed by atoms with Crippen molar-refractivity contribution < 1.29 is 0 Å². The van der Waals surface area contributed by atoms with Crippen LogP contribution in [-0.2, 0) is 13.0 Å². The fourth-order valence-electron chi connectivity index (χ4n) is 1.73. The van der Waals surface area contributed by atoms with Gasteiger partial charge >= 0.3 is 0 Å². The van der Waals surface area contributed by atoms with Crippen molar-refractivity contribution >= 4 is 5.95 Å². The van der Waals surface area contributed by atoms with Gasteiger partial charge in [-0.05, 0) is 25.3 Å². The van der Waals surface area contributed by atoms with Gasteiger partial charge in [-0.25, -0.2) is 4.68 Å². The van der Waals surface area contributed by atoms with Crippen LogP contribution in [0.2, 0.25) is 0 Å². The van der Waals surface area contributed by atoms with Crippen molar-refractivity contribution in [3.63, 3.8) is 0 Å². The number of hydrogen-bond donors (Lipinski definition) is 1. The maximum atomic E-state index is 5.52. The molecule has 1 aromatic heterocycles. The molecule has 0 spiro atoms. The smallest absolute Gasteiger partial charge is 0.239 e. The Balaban J connectivity index is 1.87. The van der Waals surface area contributed by atoms with Crippen molar-refractivity contribution in [2.24, 2.45) is 0 Å². The third-order valence-corrected chi connectivity index (χ3v) is 2.55. The number of nitrogens with zero attached hydrogens (tertiary/aromatic N) is 3. The van der Waals surface area contributed by atoms with Gasteiger partial charge in [0.1, 0.15) is 5.82 Å². The molecule has 0 fully saturated rings. The molecule has 0 aliphatic rings. The van der Waals surface area contributed by atoms with Gasteiger partial charge in [0, 0.05) is 6.54 Å². The monoisotopic (exact) mass is 216 g/mol. The van der Waals surface area contributed by atoms with E-state index in [4.69, 9.17) is 5.73 Å². The van der Waals surface area contributed by atoms with Crippen LogP contribution in [0.15, 0.2) is 30.3 Å². The number of hydrogen-bond acceptors (Lipinski definition) is 3. The van der Waals surface area contributed by atoms with Crippen molar-refractivity contribution in [1.82, 2.24) is 14.8 Å². The summed E-state index contributed by atoms with van der Waals surface area (Å²) in [4.78, 5) is 4.07. The molecule has 0 radical (unpaired) electrons. The highest BCUT2D eigenvalue weighted by atomic mass is 15.4. The van der Waals surface area contributed by atoms with Gasteiger partial charge in [-0.3, -0.25) is 0 Å². The first-order valence-electron chi connectivity index (χ1n) is 5.46. The van der Waals surface area contributed by atoms with Gasteiger partial charge in [0.2, 0.25) is 5.95 Å². The van der Waals surface area contributed by atoms with Crippen LogP contribution in [-0.4, -0.2) is 14.8 Å². The normalized spacial score (nSPS) is 10.6. The number of nitrogens with two attached hydrogens (primary N) is 1. The first-order chi connectivity index (χ1) is 7.75. The third-order valence-electron chi connectivity index (χ3n) is 2.55. The maximum absolute atomic E-state index is 5.52. The number of benzene rings is 1. The standard InChI is InChI=1S/C12H16N4/c1-10-14-12(13)15-16(10)9-5-8-11-6-3-2-4-7-11/h2-4,6-7H,5,8-9H2,1H3,(H2,13,15). The van der Waals surface area contributed by atoms with Crippen LogP contribution in [0.5, 0.6) is 0 Å². The fraction of sp³-hybridized carbons (Fsp3) is 0.333. The highest BCUT2D eigenvalue weighted by Crippen LogP contribution is 2.05. The van der Waals surface area contributed by atoms with Crippen LogP contribution in [0.4, 0.5) is 5.95 Å². The number of aromatic nitrogens is 3. The van der Waals surface area contributed by atoms with E-state index in [1.165, 1.54) is 5.56 Å². The highest BCUT2D eigenvalue weighted by Gasteiger charge is 2.02. The van der Waals surface area contributed by atoms with E-state index in [0.29, 0.717) is 5.95 Å². The average Bonchev–Trinajstić information content (AvgIpc) is 2.59. The van der Waals surface area contributed by atoms with Crippen LogP contribution < -0.4 is 5.73 Å². The molecule has 0 aliphatic heterocycles. The van der Waals surface area contributed by atoms with Crippen molar-refractivity contribution in [3.8, 4) is 0 Å².